The first-order chi connectivity index (χ1) is 9.49. The third kappa shape index (κ3) is 4.07. The van der Waals surface area contributed by atoms with Crippen molar-refractivity contribution in [2.75, 3.05) is 12.3 Å². The standard InChI is InChI=1S/C14H19BrN2O2S/c15-13-7-6-12(10-14(13)16)20(18,19)17-9-8-11-4-2-1-3-5-11/h4,6-7,10,17H,1-3,5,8-9,16H2. The van der Waals surface area contributed by atoms with Gasteiger partial charge >= 0.3 is 0 Å². The minimum atomic E-state index is -3.48. The molecule has 0 unspecified atom stereocenters. The van der Waals surface area contributed by atoms with Gasteiger partial charge < -0.3 is 5.73 Å². The fourth-order valence-electron chi connectivity index (χ4n) is 2.25. The van der Waals surface area contributed by atoms with Crippen molar-refractivity contribution in [2.45, 2.75) is 37.0 Å². The summed E-state index contributed by atoms with van der Waals surface area (Å²) in [6.07, 6.45) is 7.67. The summed E-state index contributed by atoms with van der Waals surface area (Å²) in [5.41, 5.74) is 7.49. The summed E-state index contributed by atoms with van der Waals surface area (Å²) in [5, 5.41) is 0. The molecule has 110 valence electrons. The highest BCUT2D eigenvalue weighted by molar-refractivity contribution is 9.10. The van der Waals surface area contributed by atoms with Gasteiger partial charge in [-0.3, -0.25) is 0 Å². The first-order valence-electron chi connectivity index (χ1n) is 6.71. The molecule has 0 aromatic heterocycles. The molecule has 0 radical (unpaired) electrons. The summed E-state index contributed by atoms with van der Waals surface area (Å²) in [5.74, 6) is 0. The summed E-state index contributed by atoms with van der Waals surface area (Å²) >= 11 is 3.25. The van der Waals surface area contributed by atoms with Crippen LogP contribution in [0.1, 0.15) is 32.1 Å². The SMILES string of the molecule is Nc1cc(S(=O)(=O)NCCC2=CCCCC2)ccc1Br. The topological polar surface area (TPSA) is 72.2 Å². The molecule has 0 saturated heterocycles. The van der Waals surface area contributed by atoms with Gasteiger partial charge in [0, 0.05) is 16.7 Å². The lowest BCUT2D eigenvalue weighted by Crippen LogP contribution is -2.25. The predicted octanol–water partition coefficient (Wildman–Crippen LogP) is 3.20. The number of hydrogen-bond acceptors (Lipinski definition) is 3. The Hall–Kier alpha value is -0.850. The van der Waals surface area contributed by atoms with E-state index in [1.54, 1.807) is 12.1 Å². The van der Waals surface area contributed by atoms with Crippen LogP contribution < -0.4 is 10.5 Å². The molecule has 6 heteroatoms. The number of allylic oxidation sites excluding steroid dienone is 1. The molecule has 0 heterocycles. The van der Waals surface area contributed by atoms with Crippen LogP contribution in [0.5, 0.6) is 0 Å². The molecule has 1 aliphatic carbocycles. The maximum atomic E-state index is 12.1. The monoisotopic (exact) mass is 358 g/mol. The number of nitrogen functional groups attached to an aromatic ring is 1. The fourth-order valence-corrected chi connectivity index (χ4v) is 3.56. The minimum absolute atomic E-state index is 0.204. The molecule has 1 aliphatic rings. The van der Waals surface area contributed by atoms with Gasteiger partial charge in [-0.1, -0.05) is 11.6 Å². The number of rotatable bonds is 5. The molecular formula is C14H19BrN2O2S. The first-order valence-corrected chi connectivity index (χ1v) is 8.99. The van der Waals surface area contributed by atoms with E-state index < -0.39 is 10.0 Å². The lowest BCUT2D eigenvalue weighted by Gasteiger charge is -2.13. The number of benzene rings is 1. The second-order valence-corrected chi connectivity index (χ2v) is 7.56. The van der Waals surface area contributed by atoms with Gasteiger partial charge in [0.1, 0.15) is 0 Å². The summed E-state index contributed by atoms with van der Waals surface area (Å²) in [6.45, 7) is 0.435. The van der Waals surface area contributed by atoms with Crippen LogP contribution in [0, 0.1) is 0 Å². The average molecular weight is 359 g/mol. The summed E-state index contributed by atoms with van der Waals surface area (Å²) in [7, 11) is -3.48. The largest absolute Gasteiger partial charge is 0.398 e. The van der Waals surface area contributed by atoms with E-state index >= 15 is 0 Å². The van der Waals surface area contributed by atoms with Crippen LogP contribution in [0.3, 0.4) is 0 Å². The van der Waals surface area contributed by atoms with Crippen molar-refractivity contribution < 1.29 is 8.42 Å². The van der Waals surface area contributed by atoms with Crippen molar-refractivity contribution >= 4 is 31.6 Å². The minimum Gasteiger partial charge on any atom is -0.398 e. The van der Waals surface area contributed by atoms with Crippen LogP contribution >= 0.6 is 15.9 Å². The predicted molar refractivity (Wildman–Crippen MR) is 84.9 cm³/mol. The number of nitrogens with one attached hydrogen (secondary N) is 1. The Labute approximate surface area is 128 Å². The van der Waals surface area contributed by atoms with Crippen molar-refractivity contribution in [3.8, 4) is 0 Å². The smallest absolute Gasteiger partial charge is 0.240 e. The van der Waals surface area contributed by atoms with Crippen molar-refractivity contribution in [2.24, 2.45) is 0 Å². The van der Waals surface area contributed by atoms with Crippen molar-refractivity contribution in [3.05, 3.63) is 34.3 Å². The molecule has 3 N–H and O–H groups in total. The molecule has 0 atom stereocenters. The maximum absolute atomic E-state index is 12.1. The molecule has 0 amide bonds. The van der Waals surface area contributed by atoms with E-state index in [2.05, 4.69) is 26.7 Å². The molecule has 20 heavy (non-hydrogen) atoms. The summed E-state index contributed by atoms with van der Waals surface area (Å²) in [4.78, 5) is 0.204. The van der Waals surface area contributed by atoms with Crippen molar-refractivity contribution in [1.29, 1.82) is 0 Å². The first kappa shape index (κ1) is 15.5. The van der Waals surface area contributed by atoms with Crippen LogP contribution in [0.4, 0.5) is 5.69 Å². The van der Waals surface area contributed by atoms with E-state index in [4.69, 9.17) is 5.73 Å². The molecule has 4 nitrogen and oxygen atoms in total. The second kappa shape index (κ2) is 6.74. The van der Waals surface area contributed by atoms with Gasteiger partial charge in [-0.05, 0) is 66.2 Å². The Morgan fingerprint density at radius 2 is 2.10 bits per heavy atom. The van der Waals surface area contributed by atoms with Crippen molar-refractivity contribution in [3.63, 3.8) is 0 Å². The second-order valence-electron chi connectivity index (χ2n) is 4.94. The van der Waals surface area contributed by atoms with Gasteiger partial charge in [-0.15, -0.1) is 0 Å². The fraction of sp³-hybridized carbons (Fsp3) is 0.429. The molecule has 2 rings (SSSR count). The van der Waals surface area contributed by atoms with Gasteiger partial charge in [0.15, 0.2) is 0 Å². The Bertz CT molecular complexity index is 612. The summed E-state index contributed by atoms with van der Waals surface area (Å²) < 4.78 is 27.6. The van der Waals surface area contributed by atoms with Crippen LogP contribution in [-0.4, -0.2) is 15.0 Å². The van der Waals surface area contributed by atoms with E-state index in [1.165, 1.54) is 24.5 Å². The van der Waals surface area contributed by atoms with E-state index in [9.17, 15) is 8.42 Å². The maximum Gasteiger partial charge on any atom is 0.240 e. The molecule has 1 aromatic carbocycles. The van der Waals surface area contributed by atoms with E-state index in [0.717, 1.165) is 19.3 Å². The number of anilines is 1. The van der Waals surface area contributed by atoms with Crippen LogP contribution in [0.2, 0.25) is 0 Å². The van der Waals surface area contributed by atoms with E-state index in [-0.39, 0.29) is 4.90 Å². The van der Waals surface area contributed by atoms with Gasteiger partial charge in [0.2, 0.25) is 10.0 Å². The highest BCUT2D eigenvalue weighted by Gasteiger charge is 2.15. The third-order valence-electron chi connectivity index (χ3n) is 3.40. The highest BCUT2D eigenvalue weighted by atomic mass is 79.9. The van der Waals surface area contributed by atoms with Gasteiger partial charge in [0.25, 0.3) is 0 Å². The molecule has 0 fully saturated rings. The van der Waals surface area contributed by atoms with E-state index in [1.807, 2.05) is 0 Å². The quantitative estimate of drug-likeness (QED) is 0.626. The molecular weight excluding hydrogens is 340 g/mol. The Morgan fingerprint density at radius 1 is 1.30 bits per heavy atom. The molecule has 0 bridgehead atoms. The zero-order valence-electron chi connectivity index (χ0n) is 11.2. The molecule has 1 aromatic rings. The van der Waals surface area contributed by atoms with Gasteiger partial charge in [-0.2, -0.15) is 0 Å². The van der Waals surface area contributed by atoms with Gasteiger partial charge in [0.05, 0.1) is 4.90 Å². The number of sulfonamides is 1. The third-order valence-corrected chi connectivity index (χ3v) is 5.58. The Balaban J connectivity index is 1.96. The van der Waals surface area contributed by atoms with Crippen LogP contribution in [0.15, 0.2) is 39.2 Å². The molecule has 0 saturated carbocycles. The van der Waals surface area contributed by atoms with Gasteiger partial charge in [-0.25, -0.2) is 13.1 Å². The normalized spacial score (nSPS) is 15.9. The number of hydrogen-bond donors (Lipinski definition) is 2. The average Bonchev–Trinajstić information content (AvgIpc) is 2.43. The lowest BCUT2D eigenvalue weighted by molar-refractivity contribution is 0.579. The molecule has 0 spiro atoms. The summed E-state index contributed by atoms with van der Waals surface area (Å²) in [6, 6.07) is 4.66. The zero-order valence-corrected chi connectivity index (χ0v) is 13.6. The molecule has 0 aliphatic heterocycles. The van der Waals surface area contributed by atoms with E-state index in [0.29, 0.717) is 16.7 Å². The van der Waals surface area contributed by atoms with Crippen LogP contribution in [-0.2, 0) is 10.0 Å². The van der Waals surface area contributed by atoms with Crippen molar-refractivity contribution in [1.82, 2.24) is 4.72 Å². The highest BCUT2D eigenvalue weighted by Crippen LogP contribution is 2.23. The zero-order chi connectivity index (χ0) is 14.6. The number of nitrogens with two attached hydrogens (primary N) is 1. The Kier molecular flexibility index (Phi) is 5.23. The number of halogens is 1. The lowest BCUT2D eigenvalue weighted by atomic mass is 9.97. The van der Waals surface area contributed by atoms with Crippen LogP contribution in [0.25, 0.3) is 0 Å². The Morgan fingerprint density at radius 3 is 2.75 bits per heavy atom.